The Balaban J connectivity index is 1.96. The number of carbonyl (C=O) groups is 1. The van der Waals surface area contributed by atoms with E-state index in [0.29, 0.717) is 10.6 Å². The molecule has 1 heterocycles. The van der Waals surface area contributed by atoms with Crippen LogP contribution in [0.15, 0.2) is 42.5 Å². The largest absolute Gasteiger partial charge is 0.378 e. The van der Waals surface area contributed by atoms with Crippen molar-refractivity contribution in [3.05, 3.63) is 57.5 Å². The van der Waals surface area contributed by atoms with Gasteiger partial charge in [-0.1, -0.05) is 11.3 Å². The van der Waals surface area contributed by atoms with Crippen molar-refractivity contribution in [1.29, 1.82) is 0 Å². The molecule has 6 nitrogen and oxygen atoms in total. The van der Waals surface area contributed by atoms with Gasteiger partial charge < -0.3 is 10.2 Å². The van der Waals surface area contributed by atoms with Crippen LogP contribution in [0.25, 0.3) is 6.08 Å². The third kappa shape index (κ3) is 4.16. The first-order chi connectivity index (χ1) is 10.5. The highest BCUT2D eigenvalue weighted by Gasteiger charge is 2.08. The van der Waals surface area contributed by atoms with E-state index in [0.717, 1.165) is 17.0 Å². The molecule has 0 saturated carbocycles. The SMILES string of the molecule is CN(C)c1ccc(NC(=O)/C=C/c2ccc([N+](=O)[O-])s2)cc1. The summed E-state index contributed by atoms with van der Waals surface area (Å²) in [5.74, 6) is -0.284. The van der Waals surface area contributed by atoms with Crippen molar-refractivity contribution < 1.29 is 9.72 Å². The van der Waals surface area contributed by atoms with E-state index in [-0.39, 0.29) is 10.9 Å². The van der Waals surface area contributed by atoms with E-state index in [1.165, 1.54) is 12.1 Å². The molecule has 1 amide bonds. The van der Waals surface area contributed by atoms with Crippen LogP contribution in [-0.4, -0.2) is 24.9 Å². The van der Waals surface area contributed by atoms with Gasteiger partial charge in [-0.05, 0) is 36.4 Å². The summed E-state index contributed by atoms with van der Waals surface area (Å²) in [4.78, 5) is 24.6. The Morgan fingerprint density at radius 3 is 2.45 bits per heavy atom. The lowest BCUT2D eigenvalue weighted by Gasteiger charge is -2.12. The molecule has 0 unspecified atom stereocenters. The second-order valence-electron chi connectivity index (χ2n) is 4.70. The van der Waals surface area contributed by atoms with Crippen LogP contribution in [0.4, 0.5) is 16.4 Å². The predicted octanol–water partition coefficient (Wildman–Crippen LogP) is 3.37. The van der Waals surface area contributed by atoms with E-state index in [2.05, 4.69) is 5.32 Å². The van der Waals surface area contributed by atoms with Gasteiger partial charge in [-0.2, -0.15) is 0 Å². The van der Waals surface area contributed by atoms with E-state index >= 15 is 0 Å². The molecule has 0 spiro atoms. The molecule has 0 bridgehead atoms. The fourth-order valence-electron chi connectivity index (χ4n) is 1.71. The van der Waals surface area contributed by atoms with Gasteiger partial charge in [0.1, 0.15) is 0 Å². The summed E-state index contributed by atoms with van der Waals surface area (Å²) in [5.41, 5.74) is 1.73. The molecular weight excluding hydrogens is 302 g/mol. The highest BCUT2D eigenvalue weighted by atomic mass is 32.1. The Kier molecular flexibility index (Phi) is 4.90. The van der Waals surface area contributed by atoms with Crippen molar-refractivity contribution in [2.45, 2.75) is 0 Å². The van der Waals surface area contributed by atoms with Crippen LogP contribution in [0.5, 0.6) is 0 Å². The van der Waals surface area contributed by atoms with E-state index in [1.807, 2.05) is 43.3 Å². The van der Waals surface area contributed by atoms with Gasteiger partial charge in [0.2, 0.25) is 5.91 Å². The minimum atomic E-state index is -0.450. The molecule has 0 atom stereocenters. The summed E-state index contributed by atoms with van der Waals surface area (Å²) >= 11 is 1.02. The maximum Gasteiger partial charge on any atom is 0.324 e. The summed E-state index contributed by atoms with van der Waals surface area (Å²) in [5, 5.41) is 13.4. The van der Waals surface area contributed by atoms with Crippen LogP contribution >= 0.6 is 11.3 Å². The van der Waals surface area contributed by atoms with Gasteiger partial charge in [0, 0.05) is 42.5 Å². The van der Waals surface area contributed by atoms with Crippen molar-refractivity contribution in [3.8, 4) is 0 Å². The molecule has 7 heteroatoms. The zero-order chi connectivity index (χ0) is 16.1. The average molecular weight is 317 g/mol. The normalized spacial score (nSPS) is 10.6. The van der Waals surface area contributed by atoms with E-state index < -0.39 is 4.92 Å². The Bertz CT molecular complexity index is 705. The van der Waals surface area contributed by atoms with Crippen LogP contribution < -0.4 is 10.2 Å². The quantitative estimate of drug-likeness (QED) is 0.521. The number of benzene rings is 1. The summed E-state index contributed by atoms with van der Waals surface area (Å²) < 4.78 is 0. The number of rotatable bonds is 5. The average Bonchev–Trinajstić information content (AvgIpc) is 2.95. The van der Waals surface area contributed by atoms with Gasteiger partial charge in [-0.25, -0.2) is 0 Å². The molecule has 22 heavy (non-hydrogen) atoms. The third-order valence-corrected chi connectivity index (χ3v) is 3.84. The Morgan fingerprint density at radius 1 is 1.23 bits per heavy atom. The monoisotopic (exact) mass is 317 g/mol. The predicted molar refractivity (Wildman–Crippen MR) is 89.4 cm³/mol. The Hall–Kier alpha value is -2.67. The second kappa shape index (κ2) is 6.86. The molecule has 2 aromatic rings. The van der Waals surface area contributed by atoms with Crippen LogP contribution in [0.2, 0.25) is 0 Å². The zero-order valence-electron chi connectivity index (χ0n) is 12.1. The number of amides is 1. The lowest BCUT2D eigenvalue weighted by molar-refractivity contribution is -0.380. The molecule has 1 N–H and O–H groups in total. The number of anilines is 2. The van der Waals surface area contributed by atoms with Crippen molar-refractivity contribution in [3.63, 3.8) is 0 Å². The highest BCUT2D eigenvalue weighted by Crippen LogP contribution is 2.24. The van der Waals surface area contributed by atoms with Gasteiger partial charge >= 0.3 is 5.00 Å². The van der Waals surface area contributed by atoms with Crippen molar-refractivity contribution in [1.82, 2.24) is 0 Å². The van der Waals surface area contributed by atoms with Gasteiger partial charge in [0.15, 0.2) is 0 Å². The first kappa shape index (κ1) is 15.7. The van der Waals surface area contributed by atoms with E-state index in [1.54, 1.807) is 12.1 Å². The zero-order valence-corrected chi connectivity index (χ0v) is 13.0. The molecule has 0 radical (unpaired) electrons. The summed E-state index contributed by atoms with van der Waals surface area (Å²) in [7, 11) is 3.88. The van der Waals surface area contributed by atoms with E-state index in [9.17, 15) is 14.9 Å². The minimum Gasteiger partial charge on any atom is -0.378 e. The number of nitrogens with zero attached hydrogens (tertiary/aromatic N) is 2. The topological polar surface area (TPSA) is 75.5 Å². The molecule has 114 valence electrons. The van der Waals surface area contributed by atoms with Crippen molar-refractivity contribution in [2.24, 2.45) is 0 Å². The maximum absolute atomic E-state index is 11.8. The number of nitrogens with one attached hydrogen (secondary N) is 1. The van der Waals surface area contributed by atoms with Crippen molar-refractivity contribution >= 4 is 39.7 Å². The van der Waals surface area contributed by atoms with Crippen LogP contribution in [0, 0.1) is 10.1 Å². The first-order valence-corrected chi connectivity index (χ1v) is 7.28. The fraction of sp³-hybridized carbons (Fsp3) is 0.133. The Morgan fingerprint density at radius 2 is 1.91 bits per heavy atom. The molecule has 0 saturated heterocycles. The number of carbonyl (C=O) groups excluding carboxylic acids is 1. The minimum absolute atomic E-state index is 0.0549. The van der Waals surface area contributed by atoms with Crippen LogP contribution in [-0.2, 0) is 4.79 Å². The van der Waals surface area contributed by atoms with E-state index in [4.69, 9.17) is 0 Å². The smallest absolute Gasteiger partial charge is 0.324 e. The number of nitro groups is 1. The van der Waals surface area contributed by atoms with Gasteiger partial charge in [0.05, 0.1) is 4.92 Å². The maximum atomic E-state index is 11.8. The lowest BCUT2D eigenvalue weighted by atomic mass is 10.2. The Labute approximate surface area is 131 Å². The van der Waals surface area contributed by atoms with Crippen LogP contribution in [0.3, 0.4) is 0 Å². The molecular formula is C15H15N3O3S. The van der Waals surface area contributed by atoms with Gasteiger partial charge in [-0.3, -0.25) is 14.9 Å². The lowest BCUT2D eigenvalue weighted by Crippen LogP contribution is -2.10. The summed E-state index contributed by atoms with van der Waals surface area (Å²) in [6.07, 6.45) is 2.91. The van der Waals surface area contributed by atoms with Crippen molar-refractivity contribution in [2.75, 3.05) is 24.3 Å². The van der Waals surface area contributed by atoms with Gasteiger partial charge in [-0.15, -0.1) is 0 Å². The molecule has 1 aromatic carbocycles. The summed E-state index contributed by atoms with van der Waals surface area (Å²) in [6, 6.07) is 10.5. The van der Waals surface area contributed by atoms with Gasteiger partial charge in [0.25, 0.3) is 0 Å². The van der Waals surface area contributed by atoms with Crippen LogP contribution in [0.1, 0.15) is 4.88 Å². The second-order valence-corrected chi connectivity index (χ2v) is 5.79. The third-order valence-electron chi connectivity index (χ3n) is 2.84. The molecule has 0 aliphatic carbocycles. The molecule has 0 aliphatic heterocycles. The number of thiophene rings is 1. The highest BCUT2D eigenvalue weighted by molar-refractivity contribution is 7.16. The molecule has 0 aliphatic rings. The summed E-state index contributed by atoms with van der Waals surface area (Å²) in [6.45, 7) is 0. The standard InChI is InChI=1S/C15H15N3O3S/c1-17(2)12-5-3-11(4-6-12)16-14(19)9-7-13-8-10-15(22-13)18(20)21/h3-10H,1-2H3,(H,16,19)/b9-7+. The number of hydrogen-bond donors (Lipinski definition) is 1. The molecule has 2 rings (SSSR count). The fourth-order valence-corrected chi connectivity index (χ4v) is 2.44. The molecule has 1 aromatic heterocycles. The first-order valence-electron chi connectivity index (χ1n) is 6.46. The molecule has 0 fully saturated rings. The number of hydrogen-bond acceptors (Lipinski definition) is 5.